The number of nitrogens with one attached hydrogen (secondary N) is 2. The molecular weight excluding hydrogens is 274 g/mol. The summed E-state index contributed by atoms with van der Waals surface area (Å²) in [4.78, 5) is 12.0. The topological polar surface area (TPSA) is 67.2 Å². The maximum atomic E-state index is 12.0. The zero-order valence-corrected chi connectivity index (χ0v) is 13.0. The van der Waals surface area contributed by atoms with Crippen molar-refractivity contribution in [2.75, 3.05) is 10.6 Å². The summed E-state index contributed by atoms with van der Waals surface area (Å²) >= 11 is 0. The van der Waals surface area contributed by atoms with Gasteiger partial charge in [-0.15, -0.1) is 0 Å². The first-order valence-corrected chi connectivity index (χ1v) is 7.53. The summed E-state index contributed by atoms with van der Waals surface area (Å²) in [5.41, 5.74) is 8.62. The second-order valence-electron chi connectivity index (χ2n) is 5.79. The van der Waals surface area contributed by atoms with Crippen LogP contribution in [-0.4, -0.2) is 11.9 Å². The van der Waals surface area contributed by atoms with Crippen LogP contribution in [0.3, 0.4) is 0 Å². The third-order valence-corrected chi connectivity index (χ3v) is 3.28. The predicted octanol–water partition coefficient (Wildman–Crippen LogP) is 3.74. The number of anilines is 3. The normalized spacial score (nSPS) is 12.0. The van der Waals surface area contributed by atoms with Crippen molar-refractivity contribution < 1.29 is 4.79 Å². The second-order valence-corrected chi connectivity index (χ2v) is 5.79. The average molecular weight is 297 g/mol. The molecule has 116 valence electrons. The molecule has 0 fully saturated rings. The van der Waals surface area contributed by atoms with Crippen molar-refractivity contribution in [2.45, 2.75) is 26.3 Å². The largest absolute Gasteiger partial charge is 0.356 e. The second kappa shape index (κ2) is 7.61. The van der Waals surface area contributed by atoms with E-state index in [0.29, 0.717) is 12.3 Å². The molecule has 0 spiro atoms. The van der Waals surface area contributed by atoms with E-state index in [2.05, 4.69) is 24.5 Å². The Labute approximate surface area is 131 Å². The number of rotatable bonds is 6. The summed E-state index contributed by atoms with van der Waals surface area (Å²) in [7, 11) is 0. The number of carbonyl (C=O) groups is 1. The summed E-state index contributed by atoms with van der Waals surface area (Å²) < 4.78 is 0. The fourth-order valence-corrected chi connectivity index (χ4v) is 2.17. The van der Waals surface area contributed by atoms with Crippen LogP contribution in [-0.2, 0) is 4.79 Å². The molecule has 4 heteroatoms. The van der Waals surface area contributed by atoms with Crippen molar-refractivity contribution in [1.82, 2.24) is 0 Å². The molecule has 4 nitrogen and oxygen atoms in total. The Bertz CT molecular complexity index is 593. The molecule has 0 aliphatic heterocycles. The summed E-state index contributed by atoms with van der Waals surface area (Å²) in [6.07, 6.45) is 0.680. The van der Waals surface area contributed by atoms with Crippen molar-refractivity contribution in [3.63, 3.8) is 0 Å². The molecule has 0 aliphatic carbocycles. The van der Waals surface area contributed by atoms with E-state index in [0.717, 1.165) is 17.1 Å². The summed E-state index contributed by atoms with van der Waals surface area (Å²) in [5.74, 6) is 0.260. The van der Waals surface area contributed by atoms with Gasteiger partial charge in [-0.2, -0.15) is 0 Å². The van der Waals surface area contributed by atoms with Gasteiger partial charge in [0.25, 0.3) is 0 Å². The van der Waals surface area contributed by atoms with Crippen LogP contribution in [0.4, 0.5) is 17.1 Å². The van der Waals surface area contributed by atoms with E-state index >= 15 is 0 Å². The van der Waals surface area contributed by atoms with Crippen LogP contribution in [0.2, 0.25) is 0 Å². The van der Waals surface area contributed by atoms with Gasteiger partial charge in [0.15, 0.2) is 0 Å². The minimum atomic E-state index is -0.470. The Balaban J connectivity index is 1.93. The van der Waals surface area contributed by atoms with Gasteiger partial charge in [-0.3, -0.25) is 4.79 Å². The molecule has 0 bridgehead atoms. The molecule has 1 atom stereocenters. The summed E-state index contributed by atoms with van der Waals surface area (Å²) in [6.45, 7) is 4.11. The van der Waals surface area contributed by atoms with Gasteiger partial charge in [0.05, 0.1) is 6.04 Å². The molecular formula is C18H23N3O. The molecule has 0 radical (unpaired) electrons. The summed E-state index contributed by atoms with van der Waals surface area (Å²) in [5, 5.41) is 6.14. The molecule has 0 saturated heterocycles. The molecule has 4 N–H and O–H groups in total. The van der Waals surface area contributed by atoms with Crippen molar-refractivity contribution in [3.05, 3.63) is 54.6 Å². The Morgan fingerprint density at radius 1 is 0.955 bits per heavy atom. The van der Waals surface area contributed by atoms with Gasteiger partial charge in [0.2, 0.25) is 5.91 Å². The molecule has 2 rings (SSSR count). The van der Waals surface area contributed by atoms with Gasteiger partial charge in [-0.05, 0) is 48.7 Å². The Morgan fingerprint density at radius 3 is 2.09 bits per heavy atom. The maximum Gasteiger partial charge on any atom is 0.241 e. The minimum absolute atomic E-state index is 0.141. The molecule has 0 saturated carbocycles. The summed E-state index contributed by atoms with van der Waals surface area (Å²) in [6, 6.07) is 17.1. The van der Waals surface area contributed by atoms with E-state index < -0.39 is 6.04 Å². The smallest absolute Gasteiger partial charge is 0.241 e. The third kappa shape index (κ3) is 4.90. The third-order valence-electron chi connectivity index (χ3n) is 3.28. The Kier molecular flexibility index (Phi) is 5.55. The lowest BCUT2D eigenvalue weighted by Crippen LogP contribution is -2.36. The molecule has 0 heterocycles. The number of nitrogens with two attached hydrogens (primary N) is 1. The SMILES string of the molecule is CC(C)C[C@H](N)C(=O)Nc1ccc(Nc2ccccc2)cc1. The number of hydrogen-bond acceptors (Lipinski definition) is 3. The van der Waals surface area contributed by atoms with Crippen LogP contribution in [0.1, 0.15) is 20.3 Å². The standard InChI is InChI=1S/C18H23N3O/c1-13(2)12-17(19)18(22)21-16-10-8-15(9-11-16)20-14-6-4-3-5-7-14/h3-11,13,17,20H,12,19H2,1-2H3,(H,21,22)/t17-/m0/s1. The first-order chi connectivity index (χ1) is 10.5. The zero-order valence-electron chi connectivity index (χ0n) is 13.0. The fourth-order valence-electron chi connectivity index (χ4n) is 2.17. The molecule has 2 aromatic rings. The molecule has 0 unspecified atom stereocenters. The van der Waals surface area contributed by atoms with Gasteiger partial charge in [0, 0.05) is 17.1 Å². The number of hydrogen-bond donors (Lipinski definition) is 3. The van der Waals surface area contributed by atoms with Gasteiger partial charge in [-0.1, -0.05) is 32.0 Å². The number of benzene rings is 2. The van der Waals surface area contributed by atoms with Crippen LogP contribution >= 0.6 is 0 Å². The minimum Gasteiger partial charge on any atom is -0.356 e. The zero-order chi connectivity index (χ0) is 15.9. The highest BCUT2D eigenvalue weighted by molar-refractivity contribution is 5.94. The molecule has 2 aromatic carbocycles. The van der Waals surface area contributed by atoms with Crippen LogP contribution in [0.5, 0.6) is 0 Å². The Hall–Kier alpha value is -2.33. The van der Waals surface area contributed by atoms with E-state index in [4.69, 9.17) is 5.73 Å². The molecule has 1 amide bonds. The molecule has 22 heavy (non-hydrogen) atoms. The maximum absolute atomic E-state index is 12.0. The first kappa shape index (κ1) is 16.0. The van der Waals surface area contributed by atoms with E-state index in [1.54, 1.807) is 0 Å². The lowest BCUT2D eigenvalue weighted by molar-refractivity contribution is -0.117. The number of para-hydroxylation sites is 1. The lowest BCUT2D eigenvalue weighted by atomic mass is 10.0. The van der Waals surface area contributed by atoms with Gasteiger partial charge in [0.1, 0.15) is 0 Å². The van der Waals surface area contributed by atoms with Crippen molar-refractivity contribution in [3.8, 4) is 0 Å². The van der Waals surface area contributed by atoms with Gasteiger partial charge < -0.3 is 16.4 Å². The number of carbonyl (C=O) groups excluding carboxylic acids is 1. The van der Waals surface area contributed by atoms with Crippen LogP contribution in [0.25, 0.3) is 0 Å². The number of amides is 1. The highest BCUT2D eigenvalue weighted by Gasteiger charge is 2.14. The van der Waals surface area contributed by atoms with Crippen LogP contribution in [0, 0.1) is 5.92 Å². The van der Waals surface area contributed by atoms with Gasteiger partial charge in [-0.25, -0.2) is 0 Å². The molecule has 0 aromatic heterocycles. The van der Waals surface area contributed by atoms with E-state index in [9.17, 15) is 4.79 Å². The highest BCUT2D eigenvalue weighted by Crippen LogP contribution is 2.18. The highest BCUT2D eigenvalue weighted by atomic mass is 16.2. The monoisotopic (exact) mass is 297 g/mol. The predicted molar refractivity (Wildman–Crippen MR) is 92.2 cm³/mol. The lowest BCUT2D eigenvalue weighted by Gasteiger charge is -2.14. The van der Waals surface area contributed by atoms with Crippen molar-refractivity contribution in [2.24, 2.45) is 11.7 Å². The van der Waals surface area contributed by atoms with E-state index in [-0.39, 0.29) is 5.91 Å². The average Bonchev–Trinajstić information content (AvgIpc) is 2.49. The quantitative estimate of drug-likeness (QED) is 0.761. The Morgan fingerprint density at radius 2 is 1.50 bits per heavy atom. The van der Waals surface area contributed by atoms with E-state index in [1.165, 1.54) is 0 Å². The van der Waals surface area contributed by atoms with Crippen LogP contribution in [0.15, 0.2) is 54.6 Å². The van der Waals surface area contributed by atoms with Crippen LogP contribution < -0.4 is 16.4 Å². The fraction of sp³-hybridized carbons (Fsp3) is 0.278. The van der Waals surface area contributed by atoms with E-state index in [1.807, 2.05) is 54.6 Å². The van der Waals surface area contributed by atoms with Crippen molar-refractivity contribution >= 4 is 23.0 Å². The first-order valence-electron chi connectivity index (χ1n) is 7.53. The van der Waals surface area contributed by atoms with Crippen molar-refractivity contribution in [1.29, 1.82) is 0 Å². The van der Waals surface area contributed by atoms with Gasteiger partial charge >= 0.3 is 0 Å². The molecule has 0 aliphatic rings.